The number of rotatable bonds is 6. The molecular formula is C23H28N4O4. The first-order chi connectivity index (χ1) is 15.0. The number of carbonyl (C=O) groups is 2. The quantitative estimate of drug-likeness (QED) is 0.693. The van der Waals surface area contributed by atoms with Gasteiger partial charge in [0.05, 0.1) is 6.04 Å². The normalized spacial score (nSPS) is 16.1. The Labute approximate surface area is 182 Å². The largest absolute Gasteiger partial charge is 0.454 e. The van der Waals surface area contributed by atoms with E-state index in [0.29, 0.717) is 23.7 Å². The van der Waals surface area contributed by atoms with Gasteiger partial charge in [-0.3, -0.25) is 14.5 Å². The highest BCUT2D eigenvalue weighted by Crippen LogP contribution is 2.34. The summed E-state index contributed by atoms with van der Waals surface area (Å²) in [4.78, 5) is 29.3. The summed E-state index contributed by atoms with van der Waals surface area (Å²) >= 11 is 0. The molecule has 1 fully saturated rings. The van der Waals surface area contributed by atoms with Gasteiger partial charge in [-0.25, -0.2) is 0 Å². The van der Waals surface area contributed by atoms with E-state index < -0.39 is 11.8 Å². The maximum absolute atomic E-state index is 12.5. The second-order valence-electron chi connectivity index (χ2n) is 7.98. The number of amides is 2. The summed E-state index contributed by atoms with van der Waals surface area (Å²) in [6.45, 7) is 2.49. The molecule has 2 aromatic carbocycles. The molecule has 0 saturated carbocycles. The first kappa shape index (κ1) is 21.0. The van der Waals surface area contributed by atoms with Gasteiger partial charge in [0.15, 0.2) is 11.5 Å². The molecule has 0 aliphatic carbocycles. The van der Waals surface area contributed by atoms with E-state index >= 15 is 0 Å². The van der Waals surface area contributed by atoms with Crippen LogP contribution < -0.4 is 25.0 Å². The van der Waals surface area contributed by atoms with Crippen LogP contribution in [0.2, 0.25) is 0 Å². The standard InChI is InChI=1S/C23H28N4O4/c1-26(2)18-8-5-16(6-9-18)19(27-11-3-4-12-27)14-24-22(28)23(29)25-17-7-10-20-21(13-17)31-15-30-20/h5-10,13,19H,3-4,11-12,14-15H2,1-2H3,(H,24,28)(H,25,29)/t19-/m0/s1. The molecule has 1 atom stereocenters. The molecular weight excluding hydrogens is 396 g/mol. The van der Waals surface area contributed by atoms with Crippen molar-refractivity contribution in [3.8, 4) is 11.5 Å². The SMILES string of the molecule is CN(C)c1ccc([C@H](CNC(=O)C(=O)Nc2ccc3c(c2)OCO3)N2CCCC2)cc1. The van der Waals surface area contributed by atoms with Crippen LogP contribution in [-0.4, -0.2) is 57.2 Å². The fraction of sp³-hybridized carbons (Fsp3) is 0.391. The minimum atomic E-state index is -0.706. The van der Waals surface area contributed by atoms with Gasteiger partial charge in [0.25, 0.3) is 0 Å². The zero-order valence-electron chi connectivity index (χ0n) is 17.9. The Bertz CT molecular complexity index is 939. The fourth-order valence-electron chi connectivity index (χ4n) is 3.94. The summed E-state index contributed by atoms with van der Waals surface area (Å²) < 4.78 is 10.6. The molecule has 8 nitrogen and oxygen atoms in total. The Morgan fingerprint density at radius 1 is 1.00 bits per heavy atom. The molecule has 1 saturated heterocycles. The van der Waals surface area contributed by atoms with E-state index in [4.69, 9.17) is 9.47 Å². The average molecular weight is 425 g/mol. The predicted molar refractivity (Wildman–Crippen MR) is 119 cm³/mol. The summed E-state index contributed by atoms with van der Waals surface area (Å²) in [5, 5.41) is 5.43. The van der Waals surface area contributed by atoms with Crippen molar-refractivity contribution < 1.29 is 19.1 Å². The van der Waals surface area contributed by atoms with Gasteiger partial charge < -0.3 is 25.0 Å². The third-order valence-corrected chi connectivity index (χ3v) is 5.67. The van der Waals surface area contributed by atoms with Crippen molar-refractivity contribution in [2.75, 3.05) is 50.7 Å². The van der Waals surface area contributed by atoms with Gasteiger partial charge in [-0.05, 0) is 55.8 Å². The van der Waals surface area contributed by atoms with Crippen LogP contribution in [0.3, 0.4) is 0 Å². The highest BCUT2D eigenvalue weighted by molar-refractivity contribution is 6.39. The van der Waals surface area contributed by atoms with E-state index in [-0.39, 0.29) is 12.8 Å². The van der Waals surface area contributed by atoms with Gasteiger partial charge in [-0.15, -0.1) is 0 Å². The van der Waals surface area contributed by atoms with Gasteiger partial charge in [0.1, 0.15) is 0 Å². The number of carbonyl (C=O) groups excluding carboxylic acids is 2. The van der Waals surface area contributed by atoms with Crippen molar-refractivity contribution in [3.63, 3.8) is 0 Å². The average Bonchev–Trinajstić information content (AvgIpc) is 3.46. The molecule has 31 heavy (non-hydrogen) atoms. The second-order valence-corrected chi connectivity index (χ2v) is 7.98. The first-order valence-electron chi connectivity index (χ1n) is 10.5. The monoisotopic (exact) mass is 424 g/mol. The van der Waals surface area contributed by atoms with E-state index in [1.165, 1.54) is 0 Å². The Hall–Kier alpha value is -3.26. The van der Waals surface area contributed by atoms with Crippen molar-refractivity contribution >= 4 is 23.2 Å². The Morgan fingerprint density at radius 3 is 2.42 bits per heavy atom. The lowest BCUT2D eigenvalue weighted by atomic mass is 10.0. The molecule has 2 aliphatic rings. The molecule has 2 aliphatic heterocycles. The topological polar surface area (TPSA) is 83.1 Å². The lowest BCUT2D eigenvalue weighted by Gasteiger charge is -2.28. The van der Waals surface area contributed by atoms with Gasteiger partial charge in [0.2, 0.25) is 6.79 Å². The lowest BCUT2D eigenvalue weighted by Crippen LogP contribution is -2.41. The number of benzene rings is 2. The van der Waals surface area contributed by atoms with Gasteiger partial charge in [-0.1, -0.05) is 12.1 Å². The summed E-state index contributed by atoms with van der Waals surface area (Å²) in [7, 11) is 4.01. The molecule has 0 spiro atoms. The first-order valence-corrected chi connectivity index (χ1v) is 10.5. The van der Waals surface area contributed by atoms with E-state index in [9.17, 15) is 9.59 Å². The van der Waals surface area contributed by atoms with Crippen LogP contribution in [0.15, 0.2) is 42.5 Å². The number of fused-ring (bicyclic) bond motifs is 1. The minimum absolute atomic E-state index is 0.0287. The molecule has 2 N–H and O–H groups in total. The number of ether oxygens (including phenoxy) is 2. The molecule has 0 aromatic heterocycles. The number of nitrogens with one attached hydrogen (secondary N) is 2. The van der Waals surface area contributed by atoms with Gasteiger partial charge in [-0.2, -0.15) is 0 Å². The van der Waals surface area contributed by atoms with Crippen LogP contribution >= 0.6 is 0 Å². The smallest absolute Gasteiger partial charge is 0.313 e. The predicted octanol–water partition coefficient (Wildman–Crippen LogP) is 2.37. The number of anilines is 2. The van der Waals surface area contributed by atoms with Crippen LogP contribution in [0.25, 0.3) is 0 Å². The Kier molecular flexibility index (Phi) is 6.27. The van der Waals surface area contributed by atoms with Crippen LogP contribution in [-0.2, 0) is 9.59 Å². The van der Waals surface area contributed by atoms with Crippen LogP contribution in [0.1, 0.15) is 24.4 Å². The van der Waals surface area contributed by atoms with E-state index in [0.717, 1.165) is 37.2 Å². The van der Waals surface area contributed by atoms with Crippen molar-refractivity contribution in [1.29, 1.82) is 0 Å². The number of hydrogen-bond donors (Lipinski definition) is 2. The molecule has 0 unspecified atom stereocenters. The van der Waals surface area contributed by atoms with E-state index in [1.54, 1.807) is 18.2 Å². The van der Waals surface area contributed by atoms with E-state index in [2.05, 4.69) is 44.7 Å². The molecule has 4 rings (SSSR count). The van der Waals surface area contributed by atoms with Crippen molar-refractivity contribution in [3.05, 3.63) is 48.0 Å². The molecule has 2 aromatic rings. The summed E-state index contributed by atoms with van der Waals surface area (Å²) in [5.74, 6) is -0.196. The van der Waals surface area contributed by atoms with E-state index in [1.807, 2.05) is 14.1 Å². The van der Waals surface area contributed by atoms with Crippen LogP contribution in [0.5, 0.6) is 11.5 Å². The molecule has 2 amide bonds. The van der Waals surface area contributed by atoms with Crippen molar-refractivity contribution in [2.24, 2.45) is 0 Å². The molecule has 0 bridgehead atoms. The van der Waals surface area contributed by atoms with Crippen molar-refractivity contribution in [1.82, 2.24) is 10.2 Å². The Morgan fingerprint density at radius 2 is 1.71 bits per heavy atom. The maximum Gasteiger partial charge on any atom is 0.313 e. The molecule has 0 radical (unpaired) electrons. The molecule has 2 heterocycles. The van der Waals surface area contributed by atoms with Gasteiger partial charge >= 0.3 is 11.8 Å². The van der Waals surface area contributed by atoms with Gasteiger partial charge in [0, 0.05) is 38.1 Å². The summed E-state index contributed by atoms with van der Waals surface area (Å²) in [6, 6.07) is 13.4. The zero-order chi connectivity index (χ0) is 21.8. The Balaban J connectivity index is 1.39. The third kappa shape index (κ3) is 4.91. The minimum Gasteiger partial charge on any atom is -0.454 e. The highest BCUT2D eigenvalue weighted by atomic mass is 16.7. The molecule has 8 heteroatoms. The third-order valence-electron chi connectivity index (χ3n) is 5.67. The summed E-state index contributed by atoms with van der Waals surface area (Å²) in [5.41, 5.74) is 2.74. The number of likely N-dealkylation sites (tertiary alicyclic amines) is 1. The fourth-order valence-corrected chi connectivity index (χ4v) is 3.94. The van der Waals surface area contributed by atoms with Crippen LogP contribution in [0, 0.1) is 0 Å². The zero-order valence-corrected chi connectivity index (χ0v) is 17.9. The maximum atomic E-state index is 12.5. The number of nitrogens with zero attached hydrogens (tertiary/aromatic N) is 2. The molecule has 164 valence electrons. The summed E-state index contributed by atoms with van der Waals surface area (Å²) in [6.07, 6.45) is 2.29. The van der Waals surface area contributed by atoms with Crippen LogP contribution in [0.4, 0.5) is 11.4 Å². The highest BCUT2D eigenvalue weighted by Gasteiger charge is 2.25. The lowest BCUT2D eigenvalue weighted by molar-refractivity contribution is -0.136. The number of hydrogen-bond acceptors (Lipinski definition) is 6. The van der Waals surface area contributed by atoms with Crippen molar-refractivity contribution in [2.45, 2.75) is 18.9 Å². The second kappa shape index (κ2) is 9.26.